The lowest BCUT2D eigenvalue weighted by atomic mass is 10.0. The highest BCUT2D eigenvalue weighted by Crippen LogP contribution is 2.36. The third-order valence-corrected chi connectivity index (χ3v) is 5.27. The number of hydrogen-bond donors (Lipinski definition) is 1. The van der Waals surface area contributed by atoms with E-state index in [9.17, 15) is 9.90 Å². The zero-order valence-electron chi connectivity index (χ0n) is 16.3. The molecule has 0 radical (unpaired) electrons. The van der Waals surface area contributed by atoms with Crippen LogP contribution in [0.25, 0.3) is 22.4 Å². The number of carbonyl (C=O) groups is 1. The SMILES string of the molecule is CCCN(CCO)C(=O)c1ncc(-c2ccc(Cl)cc2)c(-c2ccc(Cl)cc2Cl)n1. The van der Waals surface area contributed by atoms with Gasteiger partial charge >= 0.3 is 0 Å². The van der Waals surface area contributed by atoms with E-state index in [-0.39, 0.29) is 24.9 Å². The average molecular weight is 465 g/mol. The first kappa shape index (κ1) is 22.5. The maximum atomic E-state index is 13.0. The summed E-state index contributed by atoms with van der Waals surface area (Å²) in [6.07, 6.45) is 2.36. The summed E-state index contributed by atoms with van der Waals surface area (Å²) < 4.78 is 0. The molecule has 0 aliphatic rings. The van der Waals surface area contributed by atoms with Gasteiger partial charge in [-0.15, -0.1) is 0 Å². The molecular weight excluding hydrogens is 445 g/mol. The predicted molar refractivity (Wildman–Crippen MR) is 121 cm³/mol. The molecule has 2 aromatic carbocycles. The Labute approximate surface area is 190 Å². The van der Waals surface area contributed by atoms with Gasteiger partial charge in [-0.3, -0.25) is 4.79 Å². The zero-order valence-corrected chi connectivity index (χ0v) is 18.5. The Bertz CT molecular complexity index is 1040. The number of nitrogens with zero attached hydrogens (tertiary/aromatic N) is 3. The van der Waals surface area contributed by atoms with Crippen molar-refractivity contribution in [1.29, 1.82) is 0 Å². The molecule has 0 saturated carbocycles. The van der Waals surface area contributed by atoms with Gasteiger partial charge in [-0.25, -0.2) is 9.97 Å². The van der Waals surface area contributed by atoms with E-state index in [0.717, 1.165) is 12.0 Å². The molecule has 1 N–H and O–H groups in total. The van der Waals surface area contributed by atoms with Crippen LogP contribution in [0.1, 0.15) is 24.0 Å². The van der Waals surface area contributed by atoms with Gasteiger partial charge in [0.15, 0.2) is 0 Å². The highest BCUT2D eigenvalue weighted by Gasteiger charge is 2.21. The maximum Gasteiger partial charge on any atom is 0.291 e. The smallest absolute Gasteiger partial charge is 0.291 e. The van der Waals surface area contributed by atoms with Crippen molar-refractivity contribution in [3.05, 3.63) is 69.6 Å². The number of hydrogen-bond acceptors (Lipinski definition) is 4. The monoisotopic (exact) mass is 463 g/mol. The first-order valence-electron chi connectivity index (χ1n) is 9.43. The molecule has 3 aromatic rings. The van der Waals surface area contributed by atoms with Crippen LogP contribution in [0.4, 0.5) is 0 Å². The number of aromatic nitrogens is 2. The molecule has 0 aliphatic heterocycles. The third-order valence-electron chi connectivity index (χ3n) is 4.47. The molecule has 8 heteroatoms. The van der Waals surface area contributed by atoms with Gasteiger partial charge in [0, 0.05) is 40.5 Å². The average Bonchev–Trinajstić information content (AvgIpc) is 2.73. The number of amides is 1. The van der Waals surface area contributed by atoms with Gasteiger partial charge in [-0.1, -0.05) is 53.9 Å². The van der Waals surface area contributed by atoms with E-state index < -0.39 is 0 Å². The number of benzene rings is 2. The topological polar surface area (TPSA) is 66.3 Å². The van der Waals surface area contributed by atoms with Crippen LogP contribution in [-0.4, -0.2) is 45.6 Å². The van der Waals surface area contributed by atoms with E-state index >= 15 is 0 Å². The molecule has 0 aliphatic carbocycles. The number of aliphatic hydroxyl groups is 1. The van der Waals surface area contributed by atoms with Crippen LogP contribution < -0.4 is 0 Å². The van der Waals surface area contributed by atoms with Crippen LogP contribution >= 0.6 is 34.8 Å². The van der Waals surface area contributed by atoms with Gasteiger partial charge < -0.3 is 10.0 Å². The second-order valence-corrected chi connectivity index (χ2v) is 7.88. The molecule has 3 rings (SSSR count). The minimum Gasteiger partial charge on any atom is -0.395 e. The molecular formula is C22H20Cl3N3O2. The molecule has 30 heavy (non-hydrogen) atoms. The minimum atomic E-state index is -0.347. The van der Waals surface area contributed by atoms with Crippen molar-refractivity contribution >= 4 is 40.7 Å². The normalized spacial score (nSPS) is 10.8. The summed E-state index contributed by atoms with van der Waals surface area (Å²) in [6, 6.07) is 12.4. The van der Waals surface area contributed by atoms with Crippen LogP contribution in [-0.2, 0) is 0 Å². The summed E-state index contributed by atoms with van der Waals surface area (Å²) in [4.78, 5) is 23.4. The lowest BCUT2D eigenvalue weighted by Crippen LogP contribution is -2.35. The third kappa shape index (κ3) is 5.10. The molecule has 1 amide bonds. The Morgan fingerprint density at radius 3 is 2.33 bits per heavy atom. The summed E-state index contributed by atoms with van der Waals surface area (Å²) in [7, 11) is 0. The Morgan fingerprint density at radius 1 is 1.00 bits per heavy atom. The number of halogens is 3. The molecule has 0 fully saturated rings. The van der Waals surface area contributed by atoms with Crippen LogP contribution in [0, 0.1) is 0 Å². The van der Waals surface area contributed by atoms with E-state index in [0.29, 0.717) is 38.4 Å². The quantitative estimate of drug-likeness (QED) is 0.493. The zero-order chi connectivity index (χ0) is 21.7. The summed E-state index contributed by atoms with van der Waals surface area (Å²) in [5.74, 6) is -0.310. The molecule has 156 valence electrons. The van der Waals surface area contributed by atoms with Crippen molar-refractivity contribution in [3.8, 4) is 22.4 Å². The highest BCUT2D eigenvalue weighted by molar-refractivity contribution is 6.36. The van der Waals surface area contributed by atoms with E-state index in [2.05, 4.69) is 9.97 Å². The Morgan fingerprint density at radius 2 is 1.70 bits per heavy atom. The van der Waals surface area contributed by atoms with Crippen molar-refractivity contribution in [2.75, 3.05) is 19.7 Å². The lowest BCUT2D eigenvalue weighted by molar-refractivity contribution is 0.0710. The molecule has 1 aromatic heterocycles. The van der Waals surface area contributed by atoms with Gasteiger partial charge in [-0.2, -0.15) is 0 Å². The Hall–Kier alpha value is -2.18. The molecule has 0 bridgehead atoms. The largest absolute Gasteiger partial charge is 0.395 e. The number of aliphatic hydroxyl groups excluding tert-OH is 1. The Balaban J connectivity index is 2.15. The molecule has 1 heterocycles. The fourth-order valence-corrected chi connectivity index (χ4v) is 3.68. The van der Waals surface area contributed by atoms with Crippen LogP contribution in [0.2, 0.25) is 15.1 Å². The van der Waals surface area contributed by atoms with Gasteiger partial charge in [0.05, 0.1) is 17.3 Å². The summed E-state index contributed by atoms with van der Waals surface area (Å²) in [6.45, 7) is 2.54. The second-order valence-electron chi connectivity index (χ2n) is 6.60. The molecule has 0 spiro atoms. The van der Waals surface area contributed by atoms with E-state index in [1.165, 1.54) is 4.90 Å². The predicted octanol–water partition coefficient (Wildman–Crippen LogP) is 5.62. The van der Waals surface area contributed by atoms with Crippen molar-refractivity contribution in [2.45, 2.75) is 13.3 Å². The first-order chi connectivity index (χ1) is 14.4. The van der Waals surface area contributed by atoms with Crippen molar-refractivity contribution in [3.63, 3.8) is 0 Å². The first-order valence-corrected chi connectivity index (χ1v) is 10.6. The van der Waals surface area contributed by atoms with Crippen LogP contribution in [0.5, 0.6) is 0 Å². The maximum absolute atomic E-state index is 13.0. The Kier molecular flexibility index (Phi) is 7.67. The van der Waals surface area contributed by atoms with Crippen LogP contribution in [0.15, 0.2) is 48.7 Å². The fraction of sp³-hybridized carbons (Fsp3) is 0.227. The highest BCUT2D eigenvalue weighted by atomic mass is 35.5. The van der Waals surface area contributed by atoms with E-state index in [1.54, 1.807) is 36.5 Å². The summed E-state index contributed by atoms with van der Waals surface area (Å²) >= 11 is 18.5. The molecule has 5 nitrogen and oxygen atoms in total. The van der Waals surface area contributed by atoms with Crippen molar-refractivity contribution < 1.29 is 9.90 Å². The minimum absolute atomic E-state index is 0.0376. The second kappa shape index (κ2) is 10.2. The fourth-order valence-electron chi connectivity index (χ4n) is 3.06. The molecule has 0 atom stereocenters. The standard InChI is InChI=1S/C22H20Cl3N3O2/c1-2-9-28(10-11-29)22(30)21-26-13-18(14-3-5-15(23)6-4-14)20(27-21)17-8-7-16(24)12-19(17)25/h3-8,12-13,29H,2,9-11H2,1H3. The van der Waals surface area contributed by atoms with Crippen molar-refractivity contribution in [1.82, 2.24) is 14.9 Å². The van der Waals surface area contributed by atoms with Gasteiger partial charge in [-0.05, 0) is 42.3 Å². The molecule has 0 unspecified atom stereocenters. The van der Waals surface area contributed by atoms with Crippen LogP contribution in [0.3, 0.4) is 0 Å². The number of carbonyl (C=O) groups excluding carboxylic acids is 1. The molecule has 0 saturated heterocycles. The number of rotatable bonds is 7. The summed E-state index contributed by atoms with van der Waals surface area (Å²) in [5.41, 5.74) is 2.68. The lowest BCUT2D eigenvalue weighted by Gasteiger charge is -2.20. The van der Waals surface area contributed by atoms with Gasteiger partial charge in [0.1, 0.15) is 0 Å². The van der Waals surface area contributed by atoms with Gasteiger partial charge in [0.25, 0.3) is 5.91 Å². The van der Waals surface area contributed by atoms with E-state index in [1.807, 2.05) is 19.1 Å². The van der Waals surface area contributed by atoms with E-state index in [4.69, 9.17) is 34.8 Å². The van der Waals surface area contributed by atoms with Crippen molar-refractivity contribution in [2.24, 2.45) is 0 Å². The van der Waals surface area contributed by atoms with Gasteiger partial charge in [0.2, 0.25) is 5.82 Å². The summed E-state index contributed by atoms with van der Waals surface area (Å²) in [5, 5.41) is 10.8.